The van der Waals surface area contributed by atoms with Gasteiger partial charge in [-0.15, -0.1) is 0 Å². The minimum absolute atomic E-state index is 0.374. The molecule has 6 nitrogen and oxygen atoms in total. The van der Waals surface area contributed by atoms with Gasteiger partial charge >= 0.3 is 0 Å². The number of rotatable bonds is 5. The van der Waals surface area contributed by atoms with Gasteiger partial charge < -0.3 is 14.9 Å². The van der Waals surface area contributed by atoms with Crippen molar-refractivity contribution >= 4 is 0 Å². The van der Waals surface area contributed by atoms with Crippen LogP contribution in [0.5, 0.6) is 0 Å². The smallest absolute Gasteiger partial charge is 0.223 e. The molecule has 0 radical (unpaired) electrons. The summed E-state index contributed by atoms with van der Waals surface area (Å²) in [5.41, 5.74) is 1.34. The van der Waals surface area contributed by atoms with Crippen molar-refractivity contribution in [1.82, 2.24) is 15.5 Å². The standard InChI is InChI=1S/C13H14N4O2/c1-9-16-13(17-19-9)8-15-7-12(18)11-4-2-10(6-14)3-5-11/h2-5,12,15,18H,7-8H2,1H3. The van der Waals surface area contributed by atoms with Crippen molar-refractivity contribution in [2.75, 3.05) is 6.54 Å². The van der Waals surface area contributed by atoms with Gasteiger partial charge in [-0.3, -0.25) is 0 Å². The number of aliphatic hydroxyl groups is 1. The SMILES string of the molecule is Cc1nc(CNCC(O)c2ccc(C#N)cc2)no1. The Balaban J connectivity index is 1.83. The highest BCUT2D eigenvalue weighted by molar-refractivity contribution is 5.32. The maximum absolute atomic E-state index is 9.96. The first-order valence-corrected chi connectivity index (χ1v) is 5.87. The van der Waals surface area contributed by atoms with E-state index in [4.69, 9.17) is 9.78 Å². The minimum atomic E-state index is -0.638. The van der Waals surface area contributed by atoms with Gasteiger partial charge in [-0.1, -0.05) is 17.3 Å². The molecule has 98 valence electrons. The quantitative estimate of drug-likeness (QED) is 0.833. The van der Waals surface area contributed by atoms with Crippen molar-refractivity contribution in [3.63, 3.8) is 0 Å². The molecule has 0 bridgehead atoms. The summed E-state index contributed by atoms with van der Waals surface area (Å²) in [5, 5.41) is 25.4. The highest BCUT2D eigenvalue weighted by Gasteiger charge is 2.08. The number of hydrogen-bond donors (Lipinski definition) is 2. The van der Waals surface area contributed by atoms with E-state index in [1.165, 1.54) is 0 Å². The maximum atomic E-state index is 9.96. The second-order valence-corrected chi connectivity index (χ2v) is 4.11. The molecule has 2 rings (SSSR count). The normalized spacial score (nSPS) is 12.1. The van der Waals surface area contributed by atoms with E-state index in [-0.39, 0.29) is 0 Å². The lowest BCUT2D eigenvalue weighted by atomic mass is 10.1. The van der Waals surface area contributed by atoms with Gasteiger partial charge in [0.1, 0.15) is 0 Å². The first-order valence-electron chi connectivity index (χ1n) is 5.87. The summed E-state index contributed by atoms with van der Waals surface area (Å²) in [4.78, 5) is 4.04. The van der Waals surface area contributed by atoms with Gasteiger partial charge in [0.15, 0.2) is 5.82 Å². The van der Waals surface area contributed by atoms with E-state index in [0.717, 1.165) is 5.56 Å². The third-order valence-corrected chi connectivity index (χ3v) is 2.61. The van der Waals surface area contributed by atoms with Crippen molar-refractivity contribution in [2.45, 2.75) is 19.6 Å². The Morgan fingerprint density at radius 3 is 2.74 bits per heavy atom. The molecule has 19 heavy (non-hydrogen) atoms. The van der Waals surface area contributed by atoms with E-state index in [1.807, 2.05) is 6.07 Å². The molecular formula is C13H14N4O2. The van der Waals surface area contributed by atoms with E-state index in [0.29, 0.717) is 30.4 Å². The molecule has 1 atom stereocenters. The first-order chi connectivity index (χ1) is 9.19. The van der Waals surface area contributed by atoms with Crippen LogP contribution in [0.4, 0.5) is 0 Å². The van der Waals surface area contributed by atoms with Gasteiger partial charge in [0.05, 0.1) is 24.3 Å². The summed E-state index contributed by atoms with van der Waals surface area (Å²) in [6, 6.07) is 8.88. The van der Waals surface area contributed by atoms with Gasteiger partial charge in [-0.25, -0.2) is 0 Å². The number of nitrogens with one attached hydrogen (secondary N) is 1. The fourth-order valence-electron chi connectivity index (χ4n) is 1.63. The third kappa shape index (κ3) is 3.61. The zero-order valence-electron chi connectivity index (χ0n) is 10.5. The third-order valence-electron chi connectivity index (χ3n) is 2.61. The molecule has 0 saturated carbocycles. The van der Waals surface area contributed by atoms with Crippen LogP contribution in [0.15, 0.2) is 28.8 Å². The zero-order chi connectivity index (χ0) is 13.7. The van der Waals surface area contributed by atoms with Crippen molar-refractivity contribution in [2.24, 2.45) is 0 Å². The number of aliphatic hydroxyl groups excluding tert-OH is 1. The number of benzene rings is 1. The molecule has 0 amide bonds. The molecule has 1 heterocycles. The van der Waals surface area contributed by atoms with Gasteiger partial charge in [-0.05, 0) is 17.7 Å². The van der Waals surface area contributed by atoms with E-state index in [9.17, 15) is 5.11 Å². The van der Waals surface area contributed by atoms with Gasteiger partial charge in [0.25, 0.3) is 0 Å². The second kappa shape index (κ2) is 6.09. The van der Waals surface area contributed by atoms with Crippen molar-refractivity contribution < 1.29 is 9.63 Å². The molecule has 0 spiro atoms. The van der Waals surface area contributed by atoms with E-state index < -0.39 is 6.10 Å². The van der Waals surface area contributed by atoms with E-state index in [1.54, 1.807) is 31.2 Å². The van der Waals surface area contributed by atoms with Crippen LogP contribution < -0.4 is 5.32 Å². The summed E-state index contributed by atoms with van der Waals surface area (Å²) in [6.07, 6.45) is -0.638. The topological polar surface area (TPSA) is 95.0 Å². The lowest BCUT2D eigenvalue weighted by Crippen LogP contribution is -2.21. The Bertz CT molecular complexity index is 571. The predicted octanol–water partition coefficient (Wildman–Crippen LogP) is 1.07. The van der Waals surface area contributed by atoms with E-state index >= 15 is 0 Å². The predicted molar refractivity (Wildman–Crippen MR) is 66.9 cm³/mol. The van der Waals surface area contributed by atoms with Gasteiger partial charge in [-0.2, -0.15) is 10.2 Å². The van der Waals surface area contributed by atoms with Crippen LogP contribution in [0.3, 0.4) is 0 Å². The molecule has 0 aliphatic rings. The van der Waals surface area contributed by atoms with Crippen LogP contribution in [0, 0.1) is 18.3 Å². The fraction of sp³-hybridized carbons (Fsp3) is 0.308. The summed E-state index contributed by atoms with van der Waals surface area (Å²) < 4.78 is 4.84. The van der Waals surface area contributed by atoms with Gasteiger partial charge in [0, 0.05) is 13.5 Å². The van der Waals surface area contributed by atoms with Crippen molar-refractivity contribution in [1.29, 1.82) is 5.26 Å². The number of aromatic nitrogens is 2. The Morgan fingerprint density at radius 2 is 2.16 bits per heavy atom. The van der Waals surface area contributed by atoms with Crippen LogP contribution in [0.25, 0.3) is 0 Å². The van der Waals surface area contributed by atoms with Crippen LogP contribution in [-0.4, -0.2) is 21.8 Å². The van der Waals surface area contributed by atoms with Crippen LogP contribution in [-0.2, 0) is 6.54 Å². The molecule has 1 aromatic carbocycles. The second-order valence-electron chi connectivity index (χ2n) is 4.11. The molecule has 1 unspecified atom stereocenters. The average molecular weight is 258 g/mol. The van der Waals surface area contributed by atoms with Crippen molar-refractivity contribution in [3.05, 3.63) is 47.1 Å². The highest BCUT2D eigenvalue weighted by Crippen LogP contribution is 2.12. The molecule has 1 aromatic heterocycles. The molecular weight excluding hydrogens is 244 g/mol. The lowest BCUT2D eigenvalue weighted by Gasteiger charge is -2.11. The Morgan fingerprint density at radius 1 is 1.42 bits per heavy atom. The zero-order valence-corrected chi connectivity index (χ0v) is 10.5. The number of nitriles is 1. The Kier molecular flexibility index (Phi) is 4.23. The summed E-state index contributed by atoms with van der Waals surface area (Å²) in [6.45, 7) is 2.53. The monoisotopic (exact) mass is 258 g/mol. The fourth-order valence-corrected chi connectivity index (χ4v) is 1.63. The molecule has 2 N–H and O–H groups in total. The molecule has 0 aliphatic carbocycles. The Hall–Kier alpha value is -2.23. The molecule has 6 heteroatoms. The van der Waals surface area contributed by atoms with E-state index in [2.05, 4.69) is 15.5 Å². The molecule has 2 aromatic rings. The first kappa shape index (κ1) is 13.2. The average Bonchev–Trinajstić information content (AvgIpc) is 2.84. The van der Waals surface area contributed by atoms with Crippen molar-refractivity contribution in [3.8, 4) is 6.07 Å². The molecule has 0 saturated heterocycles. The largest absolute Gasteiger partial charge is 0.387 e. The van der Waals surface area contributed by atoms with Crippen LogP contribution >= 0.6 is 0 Å². The number of hydrogen-bond acceptors (Lipinski definition) is 6. The molecule has 0 fully saturated rings. The number of aryl methyl sites for hydroxylation is 1. The number of nitrogens with zero attached hydrogens (tertiary/aromatic N) is 3. The van der Waals surface area contributed by atoms with Crippen LogP contribution in [0.2, 0.25) is 0 Å². The summed E-state index contributed by atoms with van der Waals surface area (Å²) >= 11 is 0. The Labute approximate surface area is 110 Å². The summed E-state index contributed by atoms with van der Waals surface area (Å²) in [5.74, 6) is 1.08. The lowest BCUT2D eigenvalue weighted by molar-refractivity contribution is 0.174. The maximum Gasteiger partial charge on any atom is 0.223 e. The van der Waals surface area contributed by atoms with Gasteiger partial charge in [0.2, 0.25) is 5.89 Å². The van der Waals surface area contributed by atoms with Crippen LogP contribution in [0.1, 0.15) is 28.9 Å². The molecule has 0 aliphatic heterocycles. The highest BCUT2D eigenvalue weighted by atomic mass is 16.5. The minimum Gasteiger partial charge on any atom is -0.387 e. The summed E-state index contributed by atoms with van der Waals surface area (Å²) in [7, 11) is 0.